The first kappa shape index (κ1) is 24.1. The van der Waals surface area contributed by atoms with Gasteiger partial charge >= 0.3 is 11.7 Å². The molecule has 2 N–H and O–H groups in total. The smallest absolute Gasteiger partial charge is 0.359 e. The van der Waals surface area contributed by atoms with Gasteiger partial charge in [0, 0.05) is 24.8 Å². The van der Waals surface area contributed by atoms with Crippen molar-refractivity contribution in [2.75, 3.05) is 12.3 Å². The molecule has 3 aromatic rings. The van der Waals surface area contributed by atoms with E-state index in [1.54, 1.807) is 16.8 Å². The maximum atomic E-state index is 13.3. The van der Waals surface area contributed by atoms with Crippen LogP contribution in [0, 0.1) is 11.7 Å². The van der Waals surface area contributed by atoms with Gasteiger partial charge in [-0.25, -0.2) is 18.7 Å². The molecule has 0 saturated heterocycles. The number of aromatic nitrogens is 4. The number of nitrogen functional groups attached to an aromatic ring is 1. The van der Waals surface area contributed by atoms with Crippen molar-refractivity contribution in [1.82, 2.24) is 18.9 Å². The third-order valence-corrected chi connectivity index (χ3v) is 5.94. The molecule has 1 aliphatic carbocycles. The average Bonchev–Trinajstić information content (AvgIpc) is 3.43. The van der Waals surface area contributed by atoms with E-state index >= 15 is 0 Å². The summed E-state index contributed by atoms with van der Waals surface area (Å²) in [5.74, 6) is -2.24. The summed E-state index contributed by atoms with van der Waals surface area (Å²) in [6, 6.07) is 5.73. The van der Waals surface area contributed by atoms with Crippen LogP contribution in [0.3, 0.4) is 0 Å². The number of anilines is 1. The number of halogens is 1. The van der Waals surface area contributed by atoms with Crippen LogP contribution in [0.5, 0.6) is 0 Å². The van der Waals surface area contributed by atoms with Gasteiger partial charge in [-0.05, 0) is 49.4 Å². The van der Waals surface area contributed by atoms with E-state index in [2.05, 4.69) is 5.10 Å². The topological polar surface area (TPSA) is 131 Å². The Morgan fingerprint density at radius 3 is 2.51 bits per heavy atom. The van der Waals surface area contributed by atoms with Crippen molar-refractivity contribution in [3.63, 3.8) is 0 Å². The van der Waals surface area contributed by atoms with Gasteiger partial charge in [-0.15, -0.1) is 0 Å². The lowest BCUT2D eigenvalue weighted by atomic mass is 10.1. The van der Waals surface area contributed by atoms with Gasteiger partial charge < -0.3 is 10.5 Å². The number of ether oxygens (including phenoxy) is 1. The third-order valence-electron chi connectivity index (χ3n) is 5.94. The normalized spacial score (nSPS) is 12.7. The number of benzene rings is 1. The van der Waals surface area contributed by atoms with Crippen molar-refractivity contribution in [2.45, 2.75) is 39.7 Å². The second kappa shape index (κ2) is 9.32. The zero-order chi connectivity index (χ0) is 25.4. The van der Waals surface area contributed by atoms with Crippen LogP contribution in [0.15, 0.2) is 33.9 Å². The molecule has 184 valence electrons. The van der Waals surface area contributed by atoms with Gasteiger partial charge in [0.1, 0.15) is 17.2 Å². The molecule has 4 rings (SSSR count). The highest BCUT2D eigenvalue weighted by atomic mass is 19.1. The number of hydrogen-bond acceptors (Lipinski definition) is 7. The Bertz CT molecular complexity index is 1430. The van der Waals surface area contributed by atoms with Crippen molar-refractivity contribution in [3.05, 3.63) is 73.4 Å². The lowest BCUT2D eigenvalue weighted by Gasteiger charge is -2.16. The number of Topliss-reactive ketones (excluding diaryl/α,β-unsaturated/α-hetero) is 1. The first-order valence-corrected chi connectivity index (χ1v) is 11.3. The average molecular weight is 484 g/mol. The van der Waals surface area contributed by atoms with Crippen LogP contribution in [0.4, 0.5) is 10.2 Å². The number of nitrogens with two attached hydrogens (primary N) is 1. The van der Waals surface area contributed by atoms with Crippen LogP contribution in [0.1, 0.15) is 52.4 Å². The molecular formula is C24H26FN5O5. The maximum Gasteiger partial charge on any atom is 0.359 e. The first-order chi connectivity index (χ1) is 16.6. The summed E-state index contributed by atoms with van der Waals surface area (Å²) >= 11 is 0. The standard InChI is InChI=1S/C24H26FN5O5/c1-13(2)11-29-21(26)19(22(32)28(3)24(29)34)18(31)12-35-23(33)20-16-5-4-6-17(16)30(27-20)15-9-7-14(25)8-10-15/h7-10,13H,4-6,11-12,26H2,1-3H3. The van der Waals surface area contributed by atoms with Gasteiger partial charge in [0.15, 0.2) is 12.3 Å². The highest BCUT2D eigenvalue weighted by molar-refractivity contribution is 6.02. The number of nitrogens with zero attached hydrogens (tertiary/aromatic N) is 4. The van der Waals surface area contributed by atoms with Crippen molar-refractivity contribution in [3.8, 4) is 5.69 Å². The largest absolute Gasteiger partial charge is 0.452 e. The molecule has 0 spiro atoms. The summed E-state index contributed by atoms with van der Waals surface area (Å²) in [6.45, 7) is 3.20. The number of hydrogen-bond donors (Lipinski definition) is 1. The molecule has 1 aromatic carbocycles. The fraction of sp³-hybridized carbons (Fsp3) is 0.375. The molecule has 0 amide bonds. The zero-order valence-electron chi connectivity index (χ0n) is 19.7. The van der Waals surface area contributed by atoms with Crippen molar-refractivity contribution >= 4 is 17.6 Å². The van der Waals surface area contributed by atoms with E-state index in [1.165, 1.54) is 23.7 Å². The van der Waals surface area contributed by atoms with Crippen LogP contribution in [0.25, 0.3) is 5.69 Å². The molecule has 0 saturated carbocycles. The summed E-state index contributed by atoms with van der Waals surface area (Å²) in [4.78, 5) is 50.8. The summed E-state index contributed by atoms with van der Waals surface area (Å²) in [7, 11) is 1.26. The lowest BCUT2D eigenvalue weighted by Crippen LogP contribution is -2.43. The Labute approximate surface area is 199 Å². The van der Waals surface area contributed by atoms with E-state index in [9.17, 15) is 23.6 Å². The Hall–Kier alpha value is -4.02. The molecule has 10 nitrogen and oxygen atoms in total. The fourth-order valence-corrected chi connectivity index (χ4v) is 4.26. The predicted octanol–water partition coefficient (Wildman–Crippen LogP) is 1.64. The fourth-order valence-electron chi connectivity index (χ4n) is 4.26. The summed E-state index contributed by atoms with van der Waals surface area (Å²) < 4.78 is 22.1. The molecule has 11 heteroatoms. The van der Waals surface area contributed by atoms with E-state index in [0.29, 0.717) is 24.1 Å². The minimum Gasteiger partial charge on any atom is -0.452 e. The van der Waals surface area contributed by atoms with E-state index in [4.69, 9.17) is 10.5 Å². The Morgan fingerprint density at radius 2 is 1.86 bits per heavy atom. The van der Waals surface area contributed by atoms with Gasteiger partial charge in [-0.2, -0.15) is 5.10 Å². The number of carbonyl (C=O) groups excluding carboxylic acids is 2. The predicted molar refractivity (Wildman–Crippen MR) is 125 cm³/mol. The molecule has 2 heterocycles. The molecule has 0 unspecified atom stereocenters. The SMILES string of the molecule is CC(C)Cn1c(N)c(C(=O)COC(=O)c2nn(-c3ccc(F)cc3)c3c2CCC3)c(=O)n(C)c1=O. The Balaban J connectivity index is 1.60. The number of ketones is 1. The van der Waals surface area contributed by atoms with Crippen LogP contribution >= 0.6 is 0 Å². The molecule has 0 radical (unpaired) electrons. The molecule has 0 atom stereocenters. The Morgan fingerprint density at radius 1 is 1.17 bits per heavy atom. The van der Waals surface area contributed by atoms with E-state index in [-0.39, 0.29) is 29.8 Å². The number of esters is 1. The van der Waals surface area contributed by atoms with Crippen molar-refractivity contribution < 1.29 is 18.7 Å². The summed E-state index contributed by atoms with van der Waals surface area (Å²) in [5.41, 5.74) is 6.35. The van der Waals surface area contributed by atoms with Crippen molar-refractivity contribution in [1.29, 1.82) is 0 Å². The quantitative estimate of drug-likeness (QED) is 0.399. The van der Waals surface area contributed by atoms with Gasteiger partial charge in [-0.3, -0.25) is 18.7 Å². The van der Waals surface area contributed by atoms with Gasteiger partial charge in [0.05, 0.1) is 5.69 Å². The van der Waals surface area contributed by atoms with Gasteiger partial charge in [0.2, 0.25) is 5.78 Å². The highest BCUT2D eigenvalue weighted by Gasteiger charge is 2.29. The van der Waals surface area contributed by atoms with E-state index in [0.717, 1.165) is 16.7 Å². The Kier molecular flexibility index (Phi) is 6.42. The second-order valence-electron chi connectivity index (χ2n) is 8.93. The van der Waals surface area contributed by atoms with Crippen LogP contribution in [0.2, 0.25) is 0 Å². The van der Waals surface area contributed by atoms with E-state index < -0.39 is 35.2 Å². The summed E-state index contributed by atoms with van der Waals surface area (Å²) in [6.07, 6.45) is 2.12. The molecule has 35 heavy (non-hydrogen) atoms. The molecule has 1 aliphatic rings. The summed E-state index contributed by atoms with van der Waals surface area (Å²) in [5, 5.41) is 4.36. The van der Waals surface area contributed by atoms with Crippen LogP contribution < -0.4 is 17.0 Å². The molecule has 0 bridgehead atoms. The second-order valence-corrected chi connectivity index (χ2v) is 8.93. The minimum absolute atomic E-state index is 0.0339. The highest BCUT2D eigenvalue weighted by Crippen LogP contribution is 2.28. The number of rotatable bonds is 7. The molecule has 0 aliphatic heterocycles. The molecule has 2 aromatic heterocycles. The molecule has 0 fully saturated rings. The minimum atomic E-state index is -0.852. The van der Waals surface area contributed by atoms with Crippen molar-refractivity contribution in [2.24, 2.45) is 13.0 Å². The van der Waals surface area contributed by atoms with Gasteiger partial charge in [-0.1, -0.05) is 13.8 Å². The molecular weight excluding hydrogens is 457 g/mol. The first-order valence-electron chi connectivity index (χ1n) is 11.3. The maximum absolute atomic E-state index is 13.3. The van der Waals surface area contributed by atoms with Gasteiger partial charge in [0.25, 0.3) is 5.56 Å². The number of carbonyl (C=O) groups is 2. The monoisotopic (exact) mass is 483 g/mol. The number of fused-ring (bicyclic) bond motifs is 1. The van der Waals surface area contributed by atoms with E-state index in [1.807, 2.05) is 13.8 Å². The zero-order valence-corrected chi connectivity index (χ0v) is 19.7. The van der Waals surface area contributed by atoms with Crippen LogP contribution in [-0.4, -0.2) is 37.3 Å². The third kappa shape index (κ3) is 4.41. The van der Waals surface area contributed by atoms with Crippen LogP contribution in [-0.2, 0) is 31.2 Å². The lowest BCUT2D eigenvalue weighted by molar-refractivity contribution is 0.0466.